The summed E-state index contributed by atoms with van der Waals surface area (Å²) in [6, 6.07) is 8.51. The zero-order chi connectivity index (χ0) is 13.1. The second kappa shape index (κ2) is 5.61. The summed E-state index contributed by atoms with van der Waals surface area (Å²) >= 11 is 6.17. The molecule has 1 fully saturated rings. The van der Waals surface area contributed by atoms with Crippen LogP contribution in [0.2, 0.25) is 5.02 Å². The van der Waals surface area contributed by atoms with Crippen LogP contribution in [0.3, 0.4) is 0 Å². The molecule has 1 aliphatic rings. The zero-order valence-corrected chi connectivity index (χ0v) is 11.9. The first-order valence-corrected chi connectivity index (χ1v) is 6.67. The summed E-state index contributed by atoms with van der Waals surface area (Å²) in [4.78, 5) is 6.42. The summed E-state index contributed by atoms with van der Waals surface area (Å²) in [6.07, 6.45) is 1.24. The molecule has 18 heavy (non-hydrogen) atoms. The minimum atomic E-state index is 0.581. The SMILES string of the molecule is CN=C(NC1CC1C)N(C)Cc1ccccc1Cl. The quantitative estimate of drug-likeness (QED) is 0.672. The van der Waals surface area contributed by atoms with Crippen molar-refractivity contribution in [2.75, 3.05) is 14.1 Å². The highest BCUT2D eigenvalue weighted by Gasteiger charge is 2.33. The van der Waals surface area contributed by atoms with E-state index in [1.807, 2.05) is 38.4 Å². The van der Waals surface area contributed by atoms with Crippen molar-refractivity contribution < 1.29 is 0 Å². The first-order valence-electron chi connectivity index (χ1n) is 6.29. The van der Waals surface area contributed by atoms with Gasteiger partial charge in [0.2, 0.25) is 0 Å². The molecule has 0 amide bonds. The van der Waals surface area contributed by atoms with Crippen LogP contribution in [0.1, 0.15) is 18.9 Å². The van der Waals surface area contributed by atoms with E-state index in [1.54, 1.807) is 0 Å². The van der Waals surface area contributed by atoms with Crippen LogP contribution in [0.25, 0.3) is 0 Å². The Morgan fingerprint density at radius 3 is 2.72 bits per heavy atom. The first-order chi connectivity index (χ1) is 8.61. The number of guanidine groups is 1. The largest absolute Gasteiger partial charge is 0.353 e. The minimum Gasteiger partial charge on any atom is -0.353 e. The number of nitrogens with one attached hydrogen (secondary N) is 1. The summed E-state index contributed by atoms with van der Waals surface area (Å²) in [6.45, 7) is 3.01. The molecule has 3 nitrogen and oxygen atoms in total. The van der Waals surface area contributed by atoms with E-state index >= 15 is 0 Å². The molecule has 1 saturated carbocycles. The van der Waals surface area contributed by atoms with E-state index in [-0.39, 0.29) is 0 Å². The summed E-state index contributed by atoms with van der Waals surface area (Å²) < 4.78 is 0. The Labute approximate surface area is 114 Å². The predicted molar refractivity (Wildman–Crippen MR) is 77.0 cm³/mol. The molecule has 0 heterocycles. The maximum absolute atomic E-state index is 6.17. The molecular formula is C14H20ClN3. The van der Waals surface area contributed by atoms with Crippen molar-refractivity contribution >= 4 is 17.6 Å². The minimum absolute atomic E-state index is 0.581. The van der Waals surface area contributed by atoms with Crippen molar-refractivity contribution in [1.29, 1.82) is 0 Å². The normalized spacial score (nSPS) is 22.8. The van der Waals surface area contributed by atoms with Crippen molar-refractivity contribution in [3.63, 3.8) is 0 Å². The van der Waals surface area contributed by atoms with Crippen LogP contribution in [0.15, 0.2) is 29.3 Å². The third-order valence-electron chi connectivity index (χ3n) is 3.36. The molecule has 1 aliphatic carbocycles. The zero-order valence-electron chi connectivity index (χ0n) is 11.2. The van der Waals surface area contributed by atoms with Crippen LogP contribution in [0.4, 0.5) is 0 Å². The molecular weight excluding hydrogens is 246 g/mol. The fraction of sp³-hybridized carbons (Fsp3) is 0.500. The van der Waals surface area contributed by atoms with Gasteiger partial charge in [0.05, 0.1) is 0 Å². The molecule has 2 rings (SSSR count). The summed E-state index contributed by atoms with van der Waals surface area (Å²) in [5.41, 5.74) is 1.12. The molecule has 0 radical (unpaired) electrons. The van der Waals surface area contributed by atoms with Gasteiger partial charge >= 0.3 is 0 Å². The fourth-order valence-corrected chi connectivity index (χ4v) is 2.19. The van der Waals surface area contributed by atoms with E-state index in [0.29, 0.717) is 6.04 Å². The highest BCUT2D eigenvalue weighted by atomic mass is 35.5. The number of hydrogen-bond donors (Lipinski definition) is 1. The topological polar surface area (TPSA) is 27.6 Å². The second-order valence-corrected chi connectivity index (χ2v) is 5.37. The Morgan fingerprint density at radius 2 is 2.17 bits per heavy atom. The lowest BCUT2D eigenvalue weighted by Crippen LogP contribution is -2.40. The number of halogens is 1. The maximum Gasteiger partial charge on any atom is 0.193 e. The average molecular weight is 266 g/mol. The van der Waals surface area contributed by atoms with E-state index in [0.717, 1.165) is 29.0 Å². The van der Waals surface area contributed by atoms with Crippen LogP contribution < -0.4 is 5.32 Å². The van der Waals surface area contributed by atoms with Gasteiger partial charge in [-0.25, -0.2) is 0 Å². The molecule has 1 aromatic carbocycles. The second-order valence-electron chi connectivity index (χ2n) is 4.96. The van der Waals surface area contributed by atoms with Gasteiger partial charge in [0.1, 0.15) is 0 Å². The maximum atomic E-state index is 6.17. The lowest BCUT2D eigenvalue weighted by Gasteiger charge is -2.22. The van der Waals surface area contributed by atoms with Crippen LogP contribution >= 0.6 is 11.6 Å². The van der Waals surface area contributed by atoms with Gasteiger partial charge in [-0.2, -0.15) is 0 Å². The van der Waals surface area contributed by atoms with Crippen LogP contribution in [-0.2, 0) is 6.54 Å². The number of rotatable bonds is 3. The Balaban J connectivity index is 1.97. The van der Waals surface area contributed by atoms with Gasteiger partial charge in [0.25, 0.3) is 0 Å². The standard InChI is InChI=1S/C14H20ClN3/c1-10-8-13(10)17-14(16-2)18(3)9-11-6-4-5-7-12(11)15/h4-7,10,13H,8-9H2,1-3H3,(H,16,17). The van der Waals surface area contributed by atoms with Crippen molar-refractivity contribution in [3.8, 4) is 0 Å². The van der Waals surface area contributed by atoms with Crippen molar-refractivity contribution in [2.24, 2.45) is 10.9 Å². The number of aliphatic imine (C=N–C) groups is 1. The Kier molecular flexibility index (Phi) is 4.12. The fourth-order valence-electron chi connectivity index (χ4n) is 1.99. The lowest BCUT2D eigenvalue weighted by molar-refractivity contribution is 0.474. The molecule has 1 N–H and O–H groups in total. The summed E-state index contributed by atoms with van der Waals surface area (Å²) in [5.74, 6) is 1.69. The lowest BCUT2D eigenvalue weighted by atomic mass is 10.2. The highest BCUT2D eigenvalue weighted by Crippen LogP contribution is 2.29. The van der Waals surface area contributed by atoms with Gasteiger partial charge in [-0.3, -0.25) is 4.99 Å². The van der Waals surface area contributed by atoms with Gasteiger partial charge in [-0.05, 0) is 24.0 Å². The van der Waals surface area contributed by atoms with Crippen LogP contribution in [0.5, 0.6) is 0 Å². The molecule has 0 aliphatic heterocycles. The molecule has 0 bridgehead atoms. The Hall–Kier alpha value is -1.22. The van der Waals surface area contributed by atoms with Crippen LogP contribution in [0, 0.1) is 5.92 Å². The monoisotopic (exact) mass is 265 g/mol. The Morgan fingerprint density at radius 1 is 1.50 bits per heavy atom. The molecule has 0 aromatic heterocycles. The predicted octanol–water partition coefficient (Wildman–Crippen LogP) is 2.76. The molecule has 0 spiro atoms. The smallest absolute Gasteiger partial charge is 0.193 e. The summed E-state index contributed by atoms with van der Waals surface area (Å²) in [7, 11) is 3.85. The third-order valence-corrected chi connectivity index (χ3v) is 3.73. The van der Waals surface area contributed by atoms with E-state index in [4.69, 9.17) is 11.6 Å². The van der Waals surface area contributed by atoms with Gasteiger partial charge in [-0.1, -0.05) is 36.7 Å². The molecule has 0 saturated heterocycles. The van der Waals surface area contributed by atoms with E-state index < -0.39 is 0 Å². The van der Waals surface area contributed by atoms with Gasteiger partial charge in [-0.15, -0.1) is 0 Å². The molecule has 98 valence electrons. The third kappa shape index (κ3) is 3.16. The highest BCUT2D eigenvalue weighted by molar-refractivity contribution is 6.31. The molecule has 1 aromatic rings. The number of benzene rings is 1. The molecule has 4 heteroatoms. The Bertz CT molecular complexity index is 444. The van der Waals surface area contributed by atoms with E-state index in [1.165, 1.54) is 6.42 Å². The number of hydrogen-bond acceptors (Lipinski definition) is 1. The molecule has 2 atom stereocenters. The first kappa shape index (κ1) is 13.2. The van der Waals surface area contributed by atoms with Gasteiger partial charge in [0.15, 0.2) is 5.96 Å². The average Bonchev–Trinajstić information content (AvgIpc) is 3.05. The van der Waals surface area contributed by atoms with Gasteiger partial charge in [0, 0.05) is 31.7 Å². The summed E-state index contributed by atoms with van der Waals surface area (Å²) in [5, 5.41) is 4.27. The van der Waals surface area contributed by atoms with Crippen molar-refractivity contribution in [1.82, 2.24) is 10.2 Å². The van der Waals surface area contributed by atoms with E-state index in [2.05, 4.69) is 22.1 Å². The van der Waals surface area contributed by atoms with E-state index in [9.17, 15) is 0 Å². The number of nitrogens with zero attached hydrogens (tertiary/aromatic N) is 2. The van der Waals surface area contributed by atoms with Crippen LogP contribution in [-0.4, -0.2) is 31.0 Å². The van der Waals surface area contributed by atoms with Crippen molar-refractivity contribution in [3.05, 3.63) is 34.9 Å². The van der Waals surface area contributed by atoms with Crippen molar-refractivity contribution in [2.45, 2.75) is 25.9 Å². The van der Waals surface area contributed by atoms with Gasteiger partial charge < -0.3 is 10.2 Å². The molecule has 2 unspecified atom stereocenters.